The molecule has 0 bridgehead atoms. The van der Waals surface area contributed by atoms with E-state index in [1.807, 2.05) is 40.6 Å². The molecule has 1 saturated heterocycles. The molecule has 3 heterocycles. The second kappa shape index (κ2) is 14.9. The Bertz CT molecular complexity index is 1220. The number of piperazine rings is 1. The lowest BCUT2D eigenvalue weighted by atomic mass is 9.83. The Labute approximate surface area is 266 Å². The van der Waals surface area contributed by atoms with Gasteiger partial charge < -0.3 is 25.2 Å². The van der Waals surface area contributed by atoms with Crippen LogP contribution in [0.4, 0.5) is 0 Å². The molecule has 238 valence electrons. The first-order valence-electron chi connectivity index (χ1n) is 17.0. The molecule has 0 spiro atoms. The average molecular weight is 620 g/mol. The number of thiophene rings is 1. The molecule has 2 saturated carbocycles. The van der Waals surface area contributed by atoms with Crippen molar-refractivity contribution in [3.05, 3.63) is 58.3 Å². The van der Waals surface area contributed by atoms with Gasteiger partial charge in [0.2, 0.25) is 11.8 Å². The standard InChI is InChI=1S/C35H49N5O3S/c1-25-32(27-14-7-3-8-15-27)43-35(37-25)39-19-20-40(31(24-39)33(41)36-23-29-18-11-21-44-29)34(42)30(22-26-12-5-2-6-13-26)38-28-16-9-4-10-17-28/h3,7-8,11,14-15,18,21,25-26,28,30-32,38H,2,4-6,9-10,12-13,16-17,19-20,22-24H2,1H3,(H,36,41)/t25-,30?,31?,32-/m1/s1. The van der Waals surface area contributed by atoms with Gasteiger partial charge >= 0.3 is 0 Å². The molecular weight excluding hydrogens is 570 g/mol. The van der Waals surface area contributed by atoms with Gasteiger partial charge in [-0.25, -0.2) is 4.99 Å². The van der Waals surface area contributed by atoms with Crippen LogP contribution < -0.4 is 10.6 Å². The number of nitrogens with one attached hydrogen (secondary N) is 2. The lowest BCUT2D eigenvalue weighted by molar-refractivity contribution is -0.145. The number of amides is 2. The van der Waals surface area contributed by atoms with Crippen LogP contribution in [0.15, 0.2) is 52.8 Å². The summed E-state index contributed by atoms with van der Waals surface area (Å²) in [7, 11) is 0. The number of benzene rings is 1. The average Bonchev–Trinajstić information content (AvgIpc) is 3.74. The van der Waals surface area contributed by atoms with Gasteiger partial charge in [0.05, 0.1) is 25.2 Å². The number of nitrogens with zero attached hydrogens (tertiary/aromatic N) is 3. The maximum Gasteiger partial charge on any atom is 0.288 e. The largest absolute Gasteiger partial charge is 0.455 e. The third-order valence-corrected chi connectivity index (χ3v) is 10.9. The van der Waals surface area contributed by atoms with E-state index in [0.29, 0.717) is 44.2 Å². The van der Waals surface area contributed by atoms with Gasteiger partial charge in [0.15, 0.2) is 0 Å². The summed E-state index contributed by atoms with van der Waals surface area (Å²) < 4.78 is 6.42. The molecule has 2 aromatic rings. The van der Waals surface area contributed by atoms with E-state index in [1.165, 1.54) is 51.4 Å². The van der Waals surface area contributed by atoms with Gasteiger partial charge in [-0.3, -0.25) is 9.59 Å². The van der Waals surface area contributed by atoms with E-state index >= 15 is 0 Å². The predicted octanol–water partition coefficient (Wildman–Crippen LogP) is 5.65. The van der Waals surface area contributed by atoms with E-state index in [1.54, 1.807) is 11.3 Å². The highest BCUT2D eigenvalue weighted by atomic mass is 32.1. The molecule has 0 radical (unpaired) electrons. The maximum atomic E-state index is 14.5. The van der Waals surface area contributed by atoms with Gasteiger partial charge in [0.25, 0.3) is 6.02 Å². The Morgan fingerprint density at radius 3 is 2.45 bits per heavy atom. The number of rotatable bonds is 9. The van der Waals surface area contributed by atoms with Crippen LogP contribution in [-0.4, -0.2) is 71.4 Å². The number of hydrogen-bond acceptors (Lipinski definition) is 7. The van der Waals surface area contributed by atoms with E-state index in [0.717, 1.165) is 29.7 Å². The van der Waals surface area contributed by atoms with Crippen molar-refractivity contribution in [2.75, 3.05) is 19.6 Å². The van der Waals surface area contributed by atoms with Gasteiger partial charge in [0, 0.05) is 24.0 Å². The lowest BCUT2D eigenvalue weighted by Gasteiger charge is -2.43. The van der Waals surface area contributed by atoms with Crippen molar-refractivity contribution in [1.29, 1.82) is 0 Å². The molecule has 2 amide bonds. The van der Waals surface area contributed by atoms with Gasteiger partial charge in [0.1, 0.15) is 12.1 Å². The summed E-state index contributed by atoms with van der Waals surface area (Å²) in [5.74, 6) is 0.539. The first-order valence-corrected chi connectivity index (χ1v) is 17.8. The quantitative estimate of drug-likeness (QED) is 0.379. The van der Waals surface area contributed by atoms with Gasteiger partial charge in [-0.1, -0.05) is 87.8 Å². The molecule has 4 aliphatic rings. The third-order valence-electron chi connectivity index (χ3n) is 10.0. The first-order chi connectivity index (χ1) is 21.5. The number of ether oxygens (including phenoxy) is 1. The summed E-state index contributed by atoms with van der Waals surface area (Å²) in [6.45, 7) is 3.96. The minimum absolute atomic E-state index is 0.0299. The number of carbonyl (C=O) groups excluding carboxylic acids is 2. The molecule has 3 fully saturated rings. The zero-order chi connectivity index (χ0) is 30.3. The Morgan fingerprint density at radius 1 is 0.977 bits per heavy atom. The normalized spacial score (nSPS) is 25.8. The zero-order valence-electron chi connectivity index (χ0n) is 26.2. The van der Waals surface area contributed by atoms with Gasteiger partial charge in [-0.2, -0.15) is 0 Å². The van der Waals surface area contributed by atoms with Crippen molar-refractivity contribution < 1.29 is 14.3 Å². The van der Waals surface area contributed by atoms with Crippen molar-refractivity contribution in [2.45, 2.75) is 114 Å². The van der Waals surface area contributed by atoms with Gasteiger partial charge in [-0.05, 0) is 49.1 Å². The molecule has 4 atom stereocenters. The van der Waals surface area contributed by atoms with E-state index in [9.17, 15) is 9.59 Å². The van der Waals surface area contributed by atoms with Crippen LogP contribution in [0.25, 0.3) is 0 Å². The molecular formula is C35H49N5O3S. The number of aliphatic imine (C=N–C) groups is 1. The molecule has 9 heteroatoms. The van der Waals surface area contributed by atoms with E-state index in [2.05, 4.69) is 34.6 Å². The van der Waals surface area contributed by atoms with Crippen molar-refractivity contribution >= 4 is 29.2 Å². The summed E-state index contributed by atoms with van der Waals surface area (Å²) in [5.41, 5.74) is 1.09. The smallest absolute Gasteiger partial charge is 0.288 e. The van der Waals surface area contributed by atoms with Crippen LogP contribution in [-0.2, 0) is 20.9 Å². The molecule has 2 unspecified atom stereocenters. The molecule has 1 aromatic carbocycles. The highest BCUT2D eigenvalue weighted by Crippen LogP contribution is 2.32. The molecule has 2 N–H and O–H groups in total. The zero-order valence-corrected chi connectivity index (χ0v) is 27.0. The second-order valence-electron chi connectivity index (χ2n) is 13.2. The Morgan fingerprint density at radius 2 is 1.73 bits per heavy atom. The number of carbonyl (C=O) groups is 2. The Kier molecular flexibility index (Phi) is 10.5. The van der Waals surface area contributed by atoms with E-state index in [4.69, 9.17) is 9.73 Å². The van der Waals surface area contributed by atoms with Crippen LogP contribution in [0.5, 0.6) is 0 Å². The predicted molar refractivity (Wildman–Crippen MR) is 175 cm³/mol. The van der Waals surface area contributed by atoms with Crippen molar-refractivity contribution in [3.63, 3.8) is 0 Å². The fourth-order valence-corrected chi connectivity index (χ4v) is 8.17. The number of hydrogen-bond donors (Lipinski definition) is 2. The highest BCUT2D eigenvalue weighted by molar-refractivity contribution is 7.09. The summed E-state index contributed by atoms with van der Waals surface area (Å²) in [5, 5.41) is 8.99. The van der Waals surface area contributed by atoms with Crippen molar-refractivity contribution in [1.82, 2.24) is 20.4 Å². The third kappa shape index (κ3) is 7.65. The maximum absolute atomic E-state index is 14.5. The lowest BCUT2D eigenvalue weighted by Crippen LogP contribution is -2.64. The Balaban J connectivity index is 1.19. The Hall–Kier alpha value is -2.91. The molecule has 44 heavy (non-hydrogen) atoms. The van der Waals surface area contributed by atoms with Crippen LogP contribution >= 0.6 is 11.3 Å². The highest BCUT2D eigenvalue weighted by Gasteiger charge is 2.42. The monoisotopic (exact) mass is 619 g/mol. The summed E-state index contributed by atoms with van der Waals surface area (Å²) in [6.07, 6.45) is 12.9. The first kappa shape index (κ1) is 31.1. The molecule has 1 aromatic heterocycles. The fourth-order valence-electron chi connectivity index (χ4n) is 7.53. The second-order valence-corrected chi connectivity index (χ2v) is 14.2. The number of amidine groups is 1. The van der Waals surface area contributed by atoms with E-state index < -0.39 is 6.04 Å². The molecule has 8 nitrogen and oxygen atoms in total. The van der Waals surface area contributed by atoms with Crippen LogP contribution in [0, 0.1) is 5.92 Å². The minimum Gasteiger partial charge on any atom is -0.455 e. The van der Waals surface area contributed by atoms with Crippen molar-refractivity contribution in [3.8, 4) is 0 Å². The van der Waals surface area contributed by atoms with Gasteiger partial charge in [-0.15, -0.1) is 11.3 Å². The fraction of sp³-hybridized carbons (Fsp3) is 0.629. The topological polar surface area (TPSA) is 86.3 Å². The van der Waals surface area contributed by atoms with Crippen LogP contribution in [0.3, 0.4) is 0 Å². The molecule has 6 rings (SSSR count). The SMILES string of the molecule is C[C@H]1N=C(N2CCN(C(=O)C(CC3CCCCC3)NC3CCCCC3)C(C(=O)NCc3cccs3)C2)O[C@H]1c1ccccc1. The van der Waals surface area contributed by atoms with E-state index in [-0.39, 0.29) is 30.0 Å². The summed E-state index contributed by atoms with van der Waals surface area (Å²) in [6, 6.07) is 14.3. The molecule has 2 aliphatic carbocycles. The summed E-state index contributed by atoms with van der Waals surface area (Å²) >= 11 is 1.63. The van der Waals surface area contributed by atoms with Crippen LogP contribution in [0.2, 0.25) is 0 Å². The molecule has 2 aliphatic heterocycles. The van der Waals surface area contributed by atoms with Crippen LogP contribution in [0.1, 0.15) is 94.1 Å². The summed E-state index contributed by atoms with van der Waals surface area (Å²) in [4.78, 5) is 38.3. The van der Waals surface area contributed by atoms with Crippen molar-refractivity contribution in [2.24, 2.45) is 10.9 Å². The minimum atomic E-state index is -0.615.